The zero-order chi connectivity index (χ0) is 14.0. The topological polar surface area (TPSA) is 37.8 Å². The number of hydrogen-bond acceptors (Lipinski definition) is 3. The molecular formula is C14H15ClIN3. The molecule has 1 aromatic carbocycles. The van der Waals surface area contributed by atoms with Crippen LogP contribution in [-0.2, 0) is 5.41 Å². The number of nitrogens with one attached hydrogen (secondary N) is 1. The maximum Gasteiger partial charge on any atom is 0.137 e. The van der Waals surface area contributed by atoms with Gasteiger partial charge in [-0.3, -0.25) is 0 Å². The fraction of sp³-hybridized carbons (Fsp3) is 0.286. The van der Waals surface area contributed by atoms with Gasteiger partial charge in [0.25, 0.3) is 0 Å². The van der Waals surface area contributed by atoms with Crippen LogP contribution in [0.25, 0.3) is 0 Å². The van der Waals surface area contributed by atoms with Crippen LogP contribution in [0.3, 0.4) is 0 Å². The minimum Gasteiger partial charge on any atom is -0.340 e. The fourth-order valence-electron chi connectivity index (χ4n) is 1.53. The van der Waals surface area contributed by atoms with E-state index in [1.807, 2.05) is 24.3 Å². The molecule has 3 nitrogen and oxygen atoms in total. The fourth-order valence-corrected chi connectivity index (χ4v) is 2.26. The van der Waals surface area contributed by atoms with Crippen molar-refractivity contribution >= 4 is 45.7 Å². The molecule has 0 unspecified atom stereocenters. The summed E-state index contributed by atoms with van der Waals surface area (Å²) in [6.45, 7) is 6.19. The first-order valence-electron chi connectivity index (χ1n) is 5.92. The maximum absolute atomic E-state index is 6.06. The average molecular weight is 388 g/mol. The maximum atomic E-state index is 6.06. The van der Waals surface area contributed by atoms with E-state index >= 15 is 0 Å². The Labute approximate surface area is 132 Å². The van der Waals surface area contributed by atoms with Gasteiger partial charge in [0.2, 0.25) is 0 Å². The quantitative estimate of drug-likeness (QED) is 0.595. The van der Waals surface area contributed by atoms with E-state index in [9.17, 15) is 0 Å². The molecule has 19 heavy (non-hydrogen) atoms. The Bertz CT molecular complexity index is 593. The van der Waals surface area contributed by atoms with Gasteiger partial charge in [-0.05, 0) is 40.8 Å². The van der Waals surface area contributed by atoms with Crippen LogP contribution in [0.1, 0.15) is 26.6 Å². The molecule has 2 aromatic rings. The average Bonchev–Trinajstić information content (AvgIpc) is 2.26. The molecular weight excluding hydrogens is 373 g/mol. The molecule has 1 aromatic heterocycles. The monoisotopic (exact) mass is 387 g/mol. The van der Waals surface area contributed by atoms with Gasteiger partial charge in [-0.2, -0.15) is 0 Å². The molecule has 100 valence electrons. The molecule has 0 aliphatic rings. The van der Waals surface area contributed by atoms with Crippen LogP contribution < -0.4 is 5.32 Å². The molecule has 0 bridgehead atoms. The van der Waals surface area contributed by atoms with Gasteiger partial charge in [0.1, 0.15) is 16.8 Å². The van der Waals surface area contributed by atoms with E-state index in [2.05, 4.69) is 58.6 Å². The largest absolute Gasteiger partial charge is 0.340 e. The summed E-state index contributed by atoms with van der Waals surface area (Å²) in [5.41, 5.74) is 0.855. The lowest BCUT2D eigenvalue weighted by Gasteiger charge is -2.17. The van der Waals surface area contributed by atoms with E-state index in [1.165, 1.54) is 3.57 Å². The lowest BCUT2D eigenvalue weighted by molar-refractivity contribution is 0.546. The van der Waals surface area contributed by atoms with Crippen LogP contribution >= 0.6 is 34.2 Å². The minimum atomic E-state index is -0.132. The Morgan fingerprint density at radius 1 is 1.16 bits per heavy atom. The summed E-state index contributed by atoms with van der Waals surface area (Å²) in [7, 11) is 0. The highest BCUT2D eigenvalue weighted by atomic mass is 127. The van der Waals surface area contributed by atoms with Gasteiger partial charge in [-0.1, -0.05) is 38.4 Å². The number of nitrogens with zero attached hydrogens (tertiary/aromatic N) is 2. The third-order valence-corrected chi connectivity index (χ3v) is 3.33. The zero-order valence-corrected chi connectivity index (χ0v) is 14.0. The predicted octanol–water partition coefficient (Wildman–Crippen LogP) is 4.78. The summed E-state index contributed by atoms with van der Waals surface area (Å²) in [4.78, 5) is 8.80. The van der Waals surface area contributed by atoms with E-state index in [1.54, 1.807) is 6.07 Å². The Hall–Kier alpha value is -0.880. The minimum absolute atomic E-state index is 0.132. The molecule has 0 radical (unpaired) electrons. The zero-order valence-electron chi connectivity index (χ0n) is 11.0. The SMILES string of the molecule is CC(C)(C)c1nc(Cl)cc(Nc2cccc(I)c2)n1. The van der Waals surface area contributed by atoms with E-state index in [-0.39, 0.29) is 5.41 Å². The molecule has 2 rings (SSSR count). The van der Waals surface area contributed by atoms with Crippen molar-refractivity contribution in [1.29, 1.82) is 0 Å². The number of rotatable bonds is 2. The van der Waals surface area contributed by atoms with Crippen LogP contribution in [-0.4, -0.2) is 9.97 Å². The van der Waals surface area contributed by atoms with Crippen molar-refractivity contribution < 1.29 is 0 Å². The van der Waals surface area contributed by atoms with Crippen molar-refractivity contribution in [2.45, 2.75) is 26.2 Å². The molecule has 0 aliphatic carbocycles. The summed E-state index contributed by atoms with van der Waals surface area (Å²) in [5, 5.41) is 3.71. The Kier molecular flexibility index (Phi) is 4.30. The molecule has 5 heteroatoms. The molecule has 1 heterocycles. The molecule has 1 N–H and O–H groups in total. The van der Waals surface area contributed by atoms with Gasteiger partial charge >= 0.3 is 0 Å². The van der Waals surface area contributed by atoms with Gasteiger partial charge in [0.05, 0.1) is 0 Å². The summed E-state index contributed by atoms with van der Waals surface area (Å²) >= 11 is 8.34. The number of halogens is 2. The Morgan fingerprint density at radius 3 is 2.53 bits per heavy atom. The van der Waals surface area contributed by atoms with Crippen LogP contribution in [0.4, 0.5) is 11.5 Å². The van der Waals surface area contributed by atoms with Gasteiger partial charge in [-0.15, -0.1) is 0 Å². The van der Waals surface area contributed by atoms with Crippen molar-refractivity contribution in [3.63, 3.8) is 0 Å². The molecule has 0 amide bonds. The van der Waals surface area contributed by atoms with Crippen molar-refractivity contribution in [2.24, 2.45) is 0 Å². The van der Waals surface area contributed by atoms with Gasteiger partial charge in [-0.25, -0.2) is 9.97 Å². The number of benzene rings is 1. The molecule has 0 spiro atoms. The lowest BCUT2D eigenvalue weighted by atomic mass is 9.96. The van der Waals surface area contributed by atoms with E-state index in [0.29, 0.717) is 11.0 Å². The Morgan fingerprint density at radius 2 is 1.89 bits per heavy atom. The third-order valence-electron chi connectivity index (χ3n) is 2.46. The Balaban J connectivity index is 2.33. The highest BCUT2D eigenvalue weighted by Gasteiger charge is 2.18. The first-order chi connectivity index (χ1) is 8.84. The van der Waals surface area contributed by atoms with Gasteiger partial charge in [0.15, 0.2) is 0 Å². The summed E-state index contributed by atoms with van der Waals surface area (Å²) < 4.78 is 1.17. The first kappa shape index (κ1) is 14.5. The number of anilines is 2. The lowest BCUT2D eigenvalue weighted by Crippen LogP contribution is -2.16. The molecule has 0 fully saturated rings. The van der Waals surface area contributed by atoms with Crippen LogP contribution in [0, 0.1) is 3.57 Å². The number of aromatic nitrogens is 2. The van der Waals surface area contributed by atoms with Crippen molar-refractivity contribution in [2.75, 3.05) is 5.32 Å². The first-order valence-corrected chi connectivity index (χ1v) is 7.38. The highest BCUT2D eigenvalue weighted by molar-refractivity contribution is 14.1. The predicted molar refractivity (Wildman–Crippen MR) is 88.2 cm³/mol. The van der Waals surface area contributed by atoms with Crippen LogP contribution in [0.5, 0.6) is 0 Å². The standard InChI is InChI=1S/C14H15ClIN3/c1-14(2,3)13-18-11(15)8-12(19-13)17-10-6-4-5-9(16)7-10/h4-8H,1-3H3,(H,17,18,19). The second kappa shape index (κ2) is 5.63. The van der Waals surface area contributed by atoms with Crippen LogP contribution in [0.2, 0.25) is 5.15 Å². The highest BCUT2D eigenvalue weighted by Crippen LogP contribution is 2.24. The van der Waals surface area contributed by atoms with Crippen molar-refractivity contribution in [3.8, 4) is 0 Å². The van der Waals surface area contributed by atoms with E-state index < -0.39 is 0 Å². The van der Waals surface area contributed by atoms with E-state index in [4.69, 9.17) is 11.6 Å². The third kappa shape index (κ3) is 4.04. The van der Waals surface area contributed by atoms with E-state index in [0.717, 1.165) is 11.5 Å². The van der Waals surface area contributed by atoms with Crippen molar-refractivity contribution in [3.05, 3.63) is 44.9 Å². The van der Waals surface area contributed by atoms with Gasteiger partial charge < -0.3 is 5.32 Å². The second-order valence-corrected chi connectivity index (χ2v) is 6.92. The molecule has 0 aliphatic heterocycles. The molecule has 0 atom stereocenters. The van der Waals surface area contributed by atoms with Gasteiger partial charge in [0, 0.05) is 20.7 Å². The smallest absolute Gasteiger partial charge is 0.137 e. The summed E-state index contributed by atoms with van der Waals surface area (Å²) in [6, 6.07) is 9.82. The normalized spacial score (nSPS) is 11.4. The molecule has 0 saturated heterocycles. The van der Waals surface area contributed by atoms with Crippen LogP contribution in [0.15, 0.2) is 30.3 Å². The number of hydrogen-bond donors (Lipinski definition) is 1. The summed E-state index contributed by atoms with van der Waals surface area (Å²) in [5.74, 6) is 1.44. The molecule has 0 saturated carbocycles. The van der Waals surface area contributed by atoms with Crippen molar-refractivity contribution in [1.82, 2.24) is 9.97 Å². The second-order valence-electron chi connectivity index (χ2n) is 5.28. The summed E-state index contributed by atoms with van der Waals surface area (Å²) in [6.07, 6.45) is 0.